The number of rotatable bonds is 3. The molecule has 0 aliphatic carbocycles. The number of nitrogens with one attached hydrogen (secondary N) is 1. The highest BCUT2D eigenvalue weighted by Gasteiger charge is 2.29. The molecule has 2 aliphatic rings. The van der Waals surface area contributed by atoms with Crippen LogP contribution in [0, 0.1) is 0 Å². The van der Waals surface area contributed by atoms with E-state index in [4.69, 9.17) is 0 Å². The summed E-state index contributed by atoms with van der Waals surface area (Å²) in [5, 5.41) is 3.41. The zero-order valence-electron chi connectivity index (χ0n) is 10.6. The summed E-state index contributed by atoms with van der Waals surface area (Å²) in [6, 6.07) is 0.607. The van der Waals surface area contributed by atoms with Crippen molar-refractivity contribution < 1.29 is 8.42 Å². The van der Waals surface area contributed by atoms with Crippen LogP contribution in [0.15, 0.2) is 0 Å². The number of sulfonamides is 1. The molecular weight excluding hydrogens is 238 g/mol. The predicted molar refractivity (Wildman–Crippen MR) is 68.5 cm³/mol. The summed E-state index contributed by atoms with van der Waals surface area (Å²) in [4.78, 5) is 2.44. The molecule has 2 saturated heterocycles. The van der Waals surface area contributed by atoms with Crippen LogP contribution >= 0.6 is 0 Å². The minimum Gasteiger partial charge on any atom is -0.315 e. The van der Waals surface area contributed by atoms with Crippen molar-refractivity contribution in [1.82, 2.24) is 14.5 Å². The molecule has 1 N–H and O–H groups in total. The van der Waals surface area contributed by atoms with Crippen LogP contribution in [0.3, 0.4) is 0 Å². The lowest BCUT2D eigenvalue weighted by molar-refractivity contribution is 0.118. The molecule has 0 radical (unpaired) electrons. The standard InChI is InChI=1S/C11H23N3O2S/c1-2-17(15,16)14-8-6-13(7-9-14)11-4-3-5-12-10-11/h11-12H,2-10H2,1H3. The third-order valence-electron chi connectivity index (χ3n) is 3.82. The molecule has 2 aliphatic heterocycles. The minimum absolute atomic E-state index is 0.220. The Balaban J connectivity index is 1.85. The molecule has 6 heteroatoms. The van der Waals surface area contributed by atoms with Gasteiger partial charge in [-0.25, -0.2) is 8.42 Å². The minimum atomic E-state index is -2.98. The maximum atomic E-state index is 11.7. The highest BCUT2D eigenvalue weighted by Crippen LogP contribution is 2.15. The second-order valence-electron chi connectivity index (χ2n) is 4.84. The van der Waals surface area contributed by atoms with Gasteiger partial charge >= 0.3 is 0 Å². The van der Waals surface area contributed by atoms with Gasteiger partial charge in [-0.15, -0.1) is 0 Å². The van der Waals surface area contributed by atoms with E-state index >= 15 is 0 Å². The fourth-order valence-corrected chi connectivity index (χ4v) is 3.76. The normalized spacial score (nSPS) is 29.4. The van der Waals surface area contributed by atoms with E-state index in [-0.39, 0.29) is 5.75 Å². The smallest absolute Gasteiger partial charge is 0.213 e. The lowest BCUT2D eigenvalue weighted by atomic mass is 10.1. The molecule has 0 aromatic rings. The second kappa shape index (κ2) is 5.65. The first-order valence-corrected chi connectivity index (χ1v) is 8.17. The molecule has 0 aromatic heterocycles. The van der Waals surface area contributed by atoms with Gasteiger partial charge in [0.1, 0.15) is 0 Å². The summed E-state index contributed by atoms with van der Waals surface area (Å²) in [5.41, 5.74) is 0. The topological polar surface area (TPSA) is 52.7 Å². The lowest BCUT2D eigenvalue weighted by Crippen LogP contribution is -2.55. The van der Waals surface area contributed by atoms with Crippen LogP contribution in [-0.2, 0) is 10.0 Å². The molecule has 2 heterocycles. The molecule has 0 amide bonds. The van der Waals surface area contributed by atoms with E-state index < -0.39 is 10.0 Å². The first-order chi connectivity index (χ1) is 8.13. The van der Waals surface area contributed by atoms with Crippen LogP contribution in [0.2, 0.25) is 0 Å². The Labute approximate surface area is 104 Å². The summed E-state index contributed by atoms with van der Waals surface area (Å²) >= 11 is 0. The largest absolute Gasteiger partial charge is 0.315 e. The molecule has 1 unspecified atom stereocenters. The molecule has 2 rings (SSSR count). The zero-order valence-corrected chi connectivity index (χ0v) is 11.4. The van der Waals surface area contributed by atoms with Crippen molar-refractivity contribution in [1.29, 1.82) is 0 Å². The molecule has 0 saturated carbocycles. The van der Waals surface area contributed by atoms with E-state index in [2.05, 4.69) is 10.2 Å². The maximum Gasteiger partial charge on any atom is 0.213 e. The molecule has 0 aromatic carbocycles. The lowest BCUT2D eigenvalue weighted by Gasteiger charge is -2.40. The fourth-order valence-electron chi connectivity index (χ4n) is 2.67. The maximum absolute atomic E-state index is 11.7. The van der Waals surface area contributed by atoms with Crippen LogP contribution < -0.4 is 5.32 Å². The van der Waals surface area contributed by atoms with Gasteiger partial charge in [-0.05, 0) is 26.3 Å². The Bertz CT molecular complexity index is 331. The van der Waals surface area contributed by atoms with Gasteiger partial charge in [-0.2, -0.15) is 4.31 Å². The van der Waals surface area contributed by atoms with E-state index in [0.717, 1.165) is 26.2 Å². The monoisotopic (exact) mass is 261 g/mol. The third-order valence-corrected chi connectivity index (χ3v) is 5.70. The van der Waals surface area contributed by atoms with Gasteiger partial charge in [-0.1, -0.05) is 0 Å². The van der Waals surface area contributed by atoms with Gasteiger partial charge in [0, 0.05) is 38.8 Å². The van der Waals surface area contributed by atoms with Gasteiger partial charge in [0.2, 0.25) is 10.0 Å². The van der Waals surface area contributed by atoms with E-state index in [1.54, 1.807) is 11.2 Å². The van der Waals surface area contributed by atoms with E-state index in [9.17, 15) is 8.42 Å². The van der Waals surface area contributed by atoms with Crippen LogP contribution in [0.5, 0.6) is 0 Å². The number of hydrogen-bond donors (Lipinski definition) is 1. The van der Waals surface area contributed by atoms with E-state index in [1.165, 1.54) is 12.8 Å². The Morgan fingerprint density at radius 2 is 1.94 bits per heavy atom. The van der Waals surface area contributed by atoms with Crippen molar-refractivity contribution in [3.05, 3.63) is 0 Å². The number of piperidine rings is 1. The summed E-state index contributed by atoms with van der Waals surface area (Å²) in [6.45, 7) is 6.98. The summed E-state index contributed by atoms with van der Waals surface area (Å²) < 4.78 is 25.1. The van der Waals surface area contributed by atoms with Crippen LogP contribution in [0.4, 0.5) is 0 Å². The number of nitrogens with zero attached hydrogens (tertiary/aromatic N) is 2. The molecule has 2 fully saturated rings. The van der Waals surface area contributed by atoms with Gasteiger partial charge in [0.05, 0.1) is 5.75 Å². The molecule has 0 bridgehead atoms. The Morgan fingerprint density at radius 1 is 1.24 bits per heavy atom. The number of piperazine rings is 1. The fraction of sp³-hybridized carbons (Fsp3) is 1.00. The summed E-state index contributed by atoms with van der Waals surface area (Å²) in [7, 11) is -2.98. The third kappa shape index (κ3) is 3.19. The van der Waals surface area contributed by atoms with Crippen molar-refractivity contribution in [3.8, 4) is 0 Å². The van der Waals surface area contributed by atoms with Gasteiger partial charge in [-0.3, -0.25) is 4.90 Å². The van der Waals surface area contributed by atoms with E-state index in [1.807, 2.05) is 0 Å². The average molecular weight is 261 g/mol. The molecule has 1 atom stereocenters. The Morgan fingerprint density at radius 3 is 2.47 bits per heavy atom. The Hall–Kier alpha value is -0.170. The van der Waals surface area contributed by atoms with Gasteiger partial charge in [0.25, 0.3) is 0 Å². The van der Waals surface area contributed by atoms with Crippen molar-refractivity contribution in [2.24, 2.45) is 0 Å². The van der Waals surface area contributed by atoms with Crippen LogP contribution in [-0.4, -0.2) is 68.7 Å². The first kappa shape index (κ1) is 13.3. The number of hydrogen-bond acceptors (Lipinski definition) is 4. The molecule has 0 spiro atoms. The van der Waals surface area contributed by atoms with E-state index in [0.29, 0.717) is 19.1 Å². The van der Waals surface area contributed by atoms with Crippen molar-refractivity contribution in [2.45, 2.75) is 25.8 Å². The first-order valence-electron chi connectivity index (χ1n) is 6.56. The summed E-state index contributed by atoms with van der Waals surface area (Å²) in [5.74, 6) is 0.220. The molecule has 5 nitrogen and oxygen atoms in total. The van der Waals surface area contributed by atoms with Gasteiger partial charge in [0.15, 0.2) is 0 Å². The van der Waals surface area contributed by atoms with Gasteiger partial charge < -0.3 is 5.32 Å². The predicted octanol–water partition coefficient (Wildman–Crippen LogP) is -0.294. The zero-order chi connectivity index (χ0) is 12.3. The summed E-state index contributed by atoms with van der Waals surface area (Å²) in [6.07, 6.45) is 2.48. The highest BCUT2D eigenvalue weighted by molar-refractivity contribution is 7.89. The van der Waals surface area contributed by atoms with Crippen molar-refractivity contribution >= 4 is 10.0 Å². The van der Waals surface area contributed by atoms with Crippen LogP contribution in [0.25, 0.3) is 0 Å². The van der Waals surface area contributed by atoms with Crippen molar-refractivity contribution in [2.75, 3.05) is 45.0 Å². The van der Waals surface area contributed by atoms with Crippen molar-refractivity contribution in [3.63, 3.8) is 0 Å². The van der Waals surface area contributed by atoms with Crippen LogP contribution in [0.1, 0.15) is 19.8 Å². The Kier molecular flexibility index (Phi) is 4.41. The second-order valence-corrected chi connectivity index (χ2v) is 7.09. The molecule has 17 heavy (non-hydrogen) atoms. The molecule has 100 valence electrons. The SMILES string of the molecule is CCS(=O)(=O)N1CCN(C2CCCNC2)CC1. The quantitative estimate of drug-likeness (QED) is 0.758. The highest BCUT2D eigenvalue weighted by atomic mass is 32.2. The molecular formula is C11H23N3O2S. The average Bonchev–Trinajstić information content (AvgIpc) is 2.40.